The molecule has 0 saturated carbocycles. The first-order chi connectivity index (χ1) is 13.7. The molecule has 2 aromatic carbocycles. The molecule has 2 rings (SSSR count). The Kier molecular flexibility index (Phi) is 7.50. The van der Waals surface area contributed by atoms with Gasteiger partial charge in [-0.15, -0.1) is 0 Å². The van der Waals surface area contributed by atoms with Crippen LogP contribution in [0, 0.1) is 0 Å². The van der Waals surface area contributed by atoms with Gasteiger partial charge < -0.3 is 18.6 Å². The summed E-state index contributed by atoms with van der Waals surface area (Å²) in [7, 11) is -0.565. The molecular weight excluding hydrogens is 394 g/mol. The van der Waals surface area contributed by atoms with Gasteiger partial charge in [-0.05, 0) is 43.2 Å². The summed E-state index contributed by atoms with van der Waals surface area (Å²) in [6.45, 7) is 4.26. The predicted octanol–water partition coefficient (Wildman–Crippen LogP) is 3.48. The van der Waals surface area contributed by atoms with E-state index in [0.717, 1.165) is 18.2 Å². The lowest BCUT2D eigenvalue weighted by Gasteiger charge is -2.29. The van der Waals surface area contributed by atoms with Crippen molar-refractivity contribution in [2.24, 2.45) is 0 Å². The highest BCUT2D eigenvalue weighted by molar-refractivity contribution is 7.86. The largest absolute Gasteiger partial charge is 0.497 e. The average molecular weight is 422 g/mol. The van der Waals surface area contributed by atoms with Crippen LogP contribution in [-0.2, 0) is 16.7 Å². The van der Waals surface area contributed by atoms with E-state index in [-0.39, 0.29) is 17.7 Å². The van der Waals surface area contributed by atoms with Gasteiger partial charge in [-0.2, -0.15) is 8.42 Å². The van der Waals surface area contributed by atoms with Gasteiger partial charge in [0.15, 0.2) is 0 Å². The Morgan fingerprint density at radius 1 is 1.03 bits per heavy atom. The first-order valence-corrected chi connectivity index (χ1v) is 11.0. The first-order valence-electron chi connectivity index (χ1n) is 9.19. The van der Waals surface area contributed by atoms with Crippen molar-refractivity contribution in [1.29, 1.82) is 0 Å². The van der Waals surface area contributed by atoms with E-state index in [1.807, 2.05) is 19.9 Å². The van der Waals surface area contributed by atoms with Crippen LogP contribution in [0.25, 0.3) is 0 Å². The van der Waals surface area contributed by atoms with Gasteiger partial charge in [0.25, 0.3) is 5.91 Å². The minimum atomic E-state index is -3.63. The monoisotopic (exact) mass is 421 g/mol. The maximum atomic E-state index is 13.3. The fraction of sp³-hybridized carbons (Fsp3) is 0.381. The maximum absolute atomic E-state index is 13.3. The molecule has 0 aliphatic carbocycles. The summed E-state index contributed by atoms with van der Waals surface area (Å²) in [6.07, 6.45) is 1.75. The van der Waals surface area contributed by atoms with Gasteiger partial charge in [-0.3, -0.25) is 4.79 Å². The van der Waals surface area contributed by atoms with Gasteiger partial charge >= 0.3 is 10.1 Å². The van der Waals surface area contributed by atoms with Crippen molar-refractivity contribution < 1.29 is 26.9 Å². The number of hydrogen-bond donors (Lipinski definition) is 0. The summed E-state index contributed by atoms with van der Waals surface area (Å²) >= 11 is 0. The zero-order valence-corrected chi connectivity index (χ0v) is 18.2. The van der Waals surface area contributed by atoms with E-state index in [1.165, 1.54) is 14.2 Å². The zero-order valence-electron chi connectivity index (χ0n) is 17.3. The van der Waals surface area contributed by atoms with E-state index in [1.54, 1.807) is 41.3 Å². The van der Waals surface area contributed by atoms with E-state index >= 15 is 0 Å². The van der Waals surface area contributed by atoms with Gasteiger partial charge in [0.2, 0.25) is 0 Å². The van der Waals surface area contributed by atoms with E-state index in [4.69, 9.17) is 13.7 Å². The number of rotatable bonds is 9. The number of amides is 1. The summed E-state index contributed by atoms with van der Waals surface area (Å²) < 4.78 is 38.3. The second kappa shape index (κ2) is 9.65. The fourth-order valence-electron chi connectivity index (χ4n) is 2.81. The fourth-order valence-corrected chi connectivity index (χ4v) is 3.27. The first kappa shape index (κ1) is 22.5. The van der Waals surface area contributed by atoms with Crippen molar-refractivity contribution in [3.63, 3.8) is 0 Å². The van der Waals surface area contributed by atoms with Crippen molar-refractivity contribution in [3.05, 3.63) is 53.6 Å². The molecule has 2 aromatic rings. The van der Waals surface area contributed by atoms with Crippen LogP contribution >= 0.6 is 0 Å². The number of methoxy groups -OCH3 is 2. The molecule has 0 saturated heterocycles. The number of hydrogen-bond acceptors (Lipinski definition) is 6. The molecule has 1 amide bonds. The van der Waals surface area contributed by atoms with Crippen LogP contribution in [0.3, 0.4) is 0 Å². The third-order valence-electron chi connectivity index (χ3n) is 4.48. The number of ether oxygens (including phenoxy) is 2. The number of nitrogens with zero attached hydrogens (tertiary/aromatic N) is 1. The molecule has 0 bridgehead atoms. The van der Waals surface area contributed by atoms with Crippen LogP contribution in [0.15, 0.2) is 42.5 Å². The van der Waals surface area contributed by atoms with Gasteiger partial charge in [-0.25, -0.2) is 0 Å². The normalized spacial score (nSPS) is 12.2. The molecule has 8 heteroatoms. The van der Waals surface area contributed by atoms with Crippen molar-refractivity contribution in [3.8, 4) is 17.2 Å². The molecule has 7 nitrogen and oxygen atoms in total. The van der Waals surface area contributed by atoms with Gasteiger partial charge in [0, 0.05) is 24.2 Å². The Labute approximate surface area is 172 Å². The molecule has 1 atom stereocenters. The molecule has 0 aliphatic rings. The summed E-state index contributed by atoms with van der Waals surface area (Å²) in [5, 5.41) is 0. The molecular formula is C21H27NO6S. The number of carbonyl (C=O) groups excluding carboxylic acids is 1. The lowest BCUT2D eigenvalue weighted by Crippen LogP contribution is -2.37. The summed E-state index contributed by atoms with van der Waals surface area (Å²) in [5.41, 5.74) is 1.21. The van der Waals surface area contributed by atoms with E-state index < -0.39 is 10.1 Å². The molecule has 0 fully saturated rings. The van der Waals surface area contributed by atoms with Gasteiger partial charge in [0.05, 0.1) is 20.5 Å². The Bertz CT molecular complexity index is 935. The molecule has 0 aromatic heterocycles. The highest BCUT2D eigenvalue weighted by atomic mass is 32.2. The highest BCUT2D eigenvalue weighted by Crippen LogP contribution is 2.25. The quantitative estimate of drug-likeness (QED) is 0.577. The average Bonchev–Trinajstić information content (AvgIpc) is 2.69. The highest BCUT2D eigenvalue weighted by Gasteiger charge is 2.22. The number of benzene rings is 2. The van der Waals surface area contributed by atoms with Crippen LogP contribution in [0.2, 0.25) is 0 Å². The SMILES string of the molecule is CCC(C)N(Cc1cccc(OS(C)(=O)=O)c1)C(=O)c1cc(OC)cc(OC)c1. The Morgan fingerprint density at radius 2 is 1.66 bits per heavy atom. The van der Waals surface area contributed by atoms with Crippen LogP contribution in [0.5, 0.6) is 17.2 Å². The Balaban J connectivity index is 2.35. The van der Waals surface area contributed by atoms with Crippen molar-refractivity contribution >= 4 is 16.0 Å². The standard InChI is InChI=1S/C21H27NO6S/c1-6-15(2)22(14-16-8-7-9-18(10-16)28-29(5,24)25)21(23)17-11-19(26-3)13-20(12-17)27-4/h7-13,15H,6,14H2,1-5H3. The topological polar surface area (TPSA) is 82.1 Å². The van der Waals surface area contributed by atoms with Crippen molar-refractivity contribution in [2.45, 2.75) is 32.9 Å². The lowest BCUT2D eigenvalue weighted by molar-refractivity contribution is 0.0670. The summed E-state index contributed by atoms with van der Waals surface area (Å²) in [4.78, 5) is 15.0. The molecule has 0 radical (unpaired) electrons. The molecule has 29 heavy (non-hydrogen) atoms. The third kappa shape index (κ3) is 6.39. The zero-order chi connectivity index (χ0) is 21.6. The van der Waals surface area contributed by atoms with E-state index in [9.17, 15) is 13.2 Å². The second-order valence-corrected chi connectivity index (χ2v) is 8.30. The molecule has 0 spiro atoms. The summed E-state index contributed by atoms with van der Waals surface area (Å²) in [6, 6.07) is 11.7. The Hall–Kier alpha value is -2.74. The molecule has 0 N–H and O–H groups in total. The van der Waals surface area contributed by atoms with Crippen LogP contribution in [0.4, 0.5) is 0 Å². The van der Waals surface area contributed by atoms with Crippen LogP contribution < -0.4 is 13.7 Å². The van der Waals surface area contributed by atoms with Crippen LogP contribution in [0.1, 0.15) is 36.2 Å². The van der Waals surface area contributed by atoms with E-state index in [0.29, 0.717) is 23.6 Å². The Morgan fingerprint density at radius 3 is 2.17 bits per heavy atom. The van der Waals surface area contributed by atoms with Crippen LogP contribution in [-0.4, -0.2) is 45.7 Å². The molecule has 0 heterocycles. The predicted molar refractivity (Wildman–Crippen MR) is 111 cm³/mol. The lowest BCUT2D eigenvalue weighted by atomic mass is 10.1. The minimum Gasteiger partial charge on any atom is -0.497 e. The van der Waals surface area contributed by atoms with E-state index in [2.05, 4.69) is 0 Å². The summed E-state index contributed by atoms with van der Waals surface area (Å²) in [5.74, 6) is 1.09. The van der Waals surface area contributed by atoms with Crippen molar-refractivity contribution in [2.75, 3.05) is 20.5 Å². The maximum Gasteiger partial charge on any atom is 0.306 e. The molecule has 0 aliphatic heterocycles. The van der Waals surface area contributed by atoms with Gasteiger partial charge in [0.1, 0.15) is 17.2 Å². The molecule has 158 valence electrons. The molecule has 1 unspecified atom stereocenters. The minimum absolute atomic E-state index is 0.0424. The second-order valence-electron chi connectivity index (χ2n) is 6.73. The number of carbonyl (C=O) groups is 1. The third-order valence-corrected chi connectivity index (χ3v) is 4.98. The van der Waals surface area contributed by atoms with Crippen molar-refractivity contribution in [1.82, 2.24) is 4.90 Å². The van der Waals surface area contributed by atoms with Gasteiger partial charge in [-0.1, -0.05) is 19.1 Å². The smallest absolute Gasteiger partial charge is 0.306 e.